The van der Waals surface area contributed by atoms with Crippen molar-refractivity contribution in [1.82, 2.24) is 0 Å². The number of nitrogens with zero attached hydrogens (tertiary/aromatic N) is 1. The topological polar surface area (TPSA) is 23.8 Å². The number of fused-ring (bicyclic) bond motifs is 5. The average Bonchev–Trinajstić information content (AvgIpc) is 3.45. The third-order valence-electron chi connectivity index (χ3n) is 10.3. The van der Waals surface area contributed by atoms with Crippen molar-refractivity contribution < 1.29 is 0 Å². The molecule has 0 saturated carbocycles. The van der Waals surface area contributed by atoms with Crippen LogP contribution in [0.2, 0.25) is 0 Å². The first-order valence-electron chi connectivity index (χ1n) is 15.8. The third-order valence-corrected chi connectivity index (χ3v) is 10.3. The minimum atomic E-state index is -0.549. The molecule has 0 amide bonds. The Morgan fingerprint density at radius 2 is 0.804 bits per heavy atom. The lowest BCUT2D eigenvalue weighted by atomic mass is 9.51. The number of nitriles is 1. The summed E-state index contributed by atoms with van der Waals surface area (Å²) in [5, 5.41) is 9.32. The van der Waals surface area contributed by atoms with Gasteiger partial charge in [-0.1, -0.05) is 164 Å². The number of hydrogen-bond donors (Lipinski definition) is 0. The molecule has 2 unspecified atom stereocenters. The fourth-order valence-corrected chi connectivity index (χ4v) is 8.51. The van der Waals surface area contributed by atoms with E-state index in [-0.39, 0.29) is 0 Å². The van der Waals surface area contributed by atoms with E-state index in [1.165, 1.54) is 55.6 Å². The van der Waals surface area contributed by atoms with E-state index in [9.17, 15) is 5.26 Å². The average molecular weight is 584 g/mol. The van der Waals surface area contributed by atoms with Crippen LogP contribution in [0.25, 0.3) is 22.3 Å². The highest BCUT2D eigenvalue weighted by Gasteiger charge is 2.57. The Balaban J connectivity index is 1.41. The second kappa shape index (κ2) is 10.0. The zero-order chi connectivity index (χ0) is 30.7. The van der Waals surface area contributed by atoms with Gasteiger partial charge in [-0.05, 0) is 78.9 Å². The highest BCUT2D eigenvalue weighted by molar-refractivity contribution is 5.91. The Kier molecular flexibility index (Phi) is 5.76. The molecule has 0 aromatic heterocycles. The van der Waals surface area contributed by atoms with Gasteiger partial charge in [0.15, 0.2) is 0 Å². The van der Waals surface area contributed by atoms with E-state index in [1.54, 1.807) is 0 Å². The van der Waals surface area contributed by atoms with Gasteiger partial charge in [0.1, 0.15) is 0 Å². The SMILES string of the molecule is N#Cc1ccc(-c2ccc(C3(c4ccccc4)c4ccccc4C4(c5ccccc5)c5ccccc5-c5cccc3c54)cc2)cc1. The maximum Gasteiger partial charge on any atom is 0.0991 e. The maximum absolute atomic E-state index is 9.32. The van der Waals surface area contributed by atoms with Gasteiger partial charge in [-0.2, -0.15) is 5.26 Å². The zero-order valence-electron chi connectivity index (χ0n) is 25.2. The van der Waals surface area contributed by atoms with Crippen molar-refractivity contribution in [3.05, 3.63) is 226 Å². The summed E-state index contributed by atoms with van der Waals surface area (Å²) in [5.41, 5.74) is 15.0. The zero-order valence-corrected chi connectivity index (χ0v) is 25.2. The molecule has 0 N–H and O–H groups in total. The highest BCUT2D eigenvalue weighted by atomic mass is 14.6. The first kappa shape index (κ1) is 26.4. The fraction of sp³-hybridized carbons (Fsp3) is 0.0444. The standard InChI is InChI=1S/C45H29N/c46-30-31-22-24-32(25-23-31)33-26-28-36(29-27-33)44(34-12-3-1-4-13-34)40-19-9-10-20-41(40)45(35-14-5-2-6-15-35)39-18-8-7-16-37(39)38-17-11-21-42(44)43(38)45/h1-29H. The summed E-state index contributed by atoms with van der Waals surface area (Å²) in [6, 6.07) is 66.4. The van der Waals surface area contributed by atoms with E-state index in [4.69, 9.17) is 0 Å². The van der Waals surface area contributed by atoms with Crippen LogP contribution in [-0.2, 0) is 10.8 Å². The summed E-state index contributed by atoms with van der Waals surface area (Å²) in [6.45, 7) is 0. The maximum atomic E-state index is 9.32. The quantitative estimate of drug-likeness (QED) is 0.202. The molecule has 1 nitrogen and oxygen atoms in total. The van der Waals surface area contributed by atoms with E-state index < -0.39 is 10.8 Å². The van der Waals surface area contributed by atoms with Crippen LogP contribution in [0.15, 0.2) is 176 Å². The van der Waals surface area contributed by atoms with Gasteiger partial charge in [0.05, 0.1) is 22.5 Å². The normalized spacial score (nSPS) is 18.6. The van der Waals surface area contributed by atoms with E-state index >= 15 is 0 Å². The Bertz CT molecular complexity index is 2290. The molecule has 0 saturated heterocycles. The Hall–Kier alpha value is -5.97. The predicted octanol–water partition coefficient (Wildman–Crippen LogP) is 10.3. The van der Waals surface area contributed by atoms with Crippen LogP contribution in [0.4, 0.5) is 0 Å². The van der Waals surface area contributed by atoms with Gasteiger partial charge in [0, 0.05) is 0 Å². The lowest BCUT2D eigenvalue weighted by Gasteiger charge is -2.49. The molecule has 0 bridgehead atoms. The monoisotopic (exact) mass is 583 g/mol. The van der Waals surface area contributed by atoms with Gasteiger partial charge < -0.3 is 0 Å². The van der Waals surface area contributed by atoms with Crippen LogP contribution in [0.1, 0.15) is 50.1 Å². The molecule has 0 aliphatic heterocycles. The first-order chi connectivity index (χ1) is 22.8. The smallest absolute Gasteiger partial charge is 0.0991 e. The lowest BCUT2D eigenvalue weighted by molar-refractivity contribution is 0.627. The predicted molar refractivity (Wildman–Crippen MR) is 186 cm³/mol. The molecule has 0 heterocycles. The number of rotatable bonds is 4. The van der Waals surface area contributed by atoms with Crippen molar-refractivity contribution in [2.75, 3.05) is 0 Å². The first-order valence-corrected chi connectivity index (χ1v) is 15.8. The molecule has 2 aliphatic rings. The van der Waals surface area contributed by atoms with E-state index in [0.717, 1.165) is 11.1 Å². The summed E-state index contributed by atoms with van der Waals surface area (Å²) in [5.74, 6) is 0. The summed E-state index contributed by atoms with van der Waals surface area (Å²) in [7, 11) is 0. The van der Waals surface area contributed by atoms with Gasteiger partial charge >= 0.3 is 0 Å². The number of benzene rings is 7. The van der Waals surface area contributed by atoms with Gasteiger partial charge in [-0.15, -0.1) is 0 Å². The minimum absolute atomic E-state index is 0.443. The second-order valence-corrected chi connectivity index (χ2v) is 12.3. The van der Waals surface area contributed by atoms with Gasteiger partial charge in [-0.3, -0.25) is 0 Å². The van der Waals surface area contributed by atoms with Crippen molar-refractivity contribution >= 4 is 0 Å². The molecule has 0 radical (unpaired) electrons. The largest absolute Gasteiger partial charge is 0.192 e. The van der Waals surface area contributed by atoms with Crippen molar-refractivity contribution in [3.8, 4) is 28.3 Å². The van der Waals surface area contributed by atoms with E-state index in [1.807, 2.05) is 24.3 Å². The molecule has 46 heavy (non-hydrogen) atoms. The van der Waals surface area contributed by atoms with E-state index in [2.05, 4.69) is 158 Å². The highest BCUT2D eigenvalue weighted by Crippen LogP contribution is 2.65. The minimum Gasteiger partial charge on any atom is -0.192 e. The molecule has 1 heteroatoms. The third kappa shape index (κ3) is 3.39. The molecule has 7 aromatic rings. The van der Waals surface area contributed by atoms with Crippen molar-refractivity contribution in [1.29, 1.82) is 5.26 Å². The van der Waals surface area contributed by atoms with Crippen LogP contribution < -0.4 is 0 Å². The van der Waals surface area contributed by atoms with Crippen LogP contribution in [0.3, 0.4) is 0 Å². The van der Waals surface area contributed by atoms with Gasteiger partial charge in [-0.25, -0.2) is 0 Å². The molecular formula is C45H29N. The van der Waals surface area contributed by atoms with Crippen LogP contribution >= 0.6 is 0 Å². The molecule has 214 valence electrons. The summed E-state index contributed by atoms with van der Waals surface area (Å²) >= 11 is 0. The van der Waals surface area contributed by atoms with Gasteiger partial charge in [0.25, 0.3) is 0 Å². The van der Waals surface area contributed by atoms with Crippen molar-refractivity contribution in [2.24, 2.45) is 0 Å². The second-order valence-electron chi connectivity index (χ2n) is 12.3. The Labute approximate surface area is 269 Å². The van der Waals surface area contributed by atoms with Crippen LogP contribution in [0.5, 0.6) is 0 Å². The van der Waals surface area contributed by atoms with E-state index in [0.29, 0.717) is 5.56 Å². The summed E-state index contributed by atoms with van der Waals surface area (Å²) in [4.78, 5) is 0. The Morgan fingerprint density at radius 1 is 0.348 bits per heavy atom. The molecule has 2 atom stereocenters. The van der Waals surface area contributed by atoms with Crippen molar-refractivity contribution in [2.45, 2.75) is 10.8 Å². The molecule has 9 rings (SSSR count). The van der Waals surface area contributed by atoms with Crippen LogP contribution in [-0.4, -0.2) is 0 Å². The number of hydrogen-bond acceptors (Lipinski definition) is 1. The lowest BCUT2D eigenvalue weighted by Crippen LogP contribution is -2.44. The summed E-state index contributed by atoms with van der Waals surface area (Å²) < 4.78 is 0. The molecule has 2 aliphatic carbocycles. The molecular weight excluding hydrogens is 555 g/mol. The molecule has 0 spiro atoms. The summed E-state index contributed by atoms with van der Waals surface area (Å²) in [6.07, 6.45) is 0. The fourth-order valence-electron chi connectivity index (χ4n) is 8.51. The molecule has 7 aromatic carbocycles. The molecule has 0 fully saturated rings. The van der Waals surface area contributed by atoms with Crippen molar-refractivity contribution in [3.63, 3.8) is 0 Å². The van der Waals surface area contributed by atoms with Crippen LogP contribution in [0, 0.1) is 11.3 Å². The van der Waals surface area contributed by atoms with Gasteiger partial charge in [0.2, 0.25) is 0 Å². The Morgan fingerprint density at radius 3 is 1.43 bits per heavy atom.